The van der Waals surface area contributed by atoms with E-state index in [0.29, 0.717) is 23.7 Å². The summed E-state index contributed by atoms with van der Waals surface area (Å²) in [6.07, 6.45) is 2.15. The number of hydrogen-bond donors (Lipinski definition) is 2. The number of nitrogens with one attached hydrogen (secondary N) is 2. The summed E-state index contributed by atoms with van der Waals surface area (Å²) in [7, 11) is 0. The number of quaternary nitrogens is 1. The molecule has 0 radical (unpaired) electrons. The lowest BCUT2D eigenvalue weighted by atomic mass is 9.96. The average molecular weight is 553 g/mol. The zero-order valence-corrected chi connectivity index (χ0v) is 23.0. The van der Waals surface area contributed by atoms with Crippen LogP contribution < -0.4 is 15.1 Å². The molecule has 38 heavy (non-hydrogen) atoms. The number of nitrogens with zero attached hydrogens (tertiary/aromatic N) is 1. The van der Waals surface area contributed by atoms with Crippen LogP contribution in [-0.2, 0) is 17.9 Å². The number of amides is 2. The molecule has 0 atom stereocenters. The van der Waals surface area contributed by atoms with Crippen molar-refractivity contribution in [2.24, 2.45) is 5.92 Å². The molecular weight excluding hydrogens is 521 g/mol. The van der Waals surface area contributed by atoms with Gasteiger partial charge in [-0.3, -0.25) is 9.59 Å². The van der Waals surface area contributed by atoms with Gasteiger partial charge in [0.05, 0.1) is 31.1 Å². The van der Waals surface area contributed by atoms with Crippen LogP contribution in [0.15, 0.2) is 65.6 Å². The fourth-order valence-corrected chi connectivity index (χ4v) is 6.30. The van der Waals surface area contributed by atoms with Crippen LogP contribution in [0.3, 0.4) is 0 Å². The molecule has 0 aliphatic carbocycles. The second-order valence-electron chi connectivity index (χ2n) is 10.2. The molecule has 3 aromatic carbocycles. The minimum absolute atomic E-state index is 0.0203. The number of piperidine rings is 1. The van der Waals surface area contributed by atoms with Gasteiger partial charge in [0.1, 0.15) is 12.4 Å². The number of rotatable bonds is 7. The van der Waals surface area contributed by atoms with E-state index in [-0.39, 0.29) is 34.7 Å². The number of anilines is 1. The van der Waals surface area contributed by atoms with Gasteiger partial charge in [-0.1, -0.05) is 47.5 Å². The molecule has 2 N–H and O–H groups in total. The first-order chi connectivity index (χ1) is 18.4. The highest BCUT2D eigenvalue weighted by atomic mass is 35.5. The first kappa shape index (κ1) is 26.7. The van der Waals surface area contributed by atoms with Crippen molar-refractivity contribution in [3.63, 3.8) is 0 Å². The Balaban J connectivity index is 1.19. The molecule has 0 bridgehead atoms. The van der Waals surface area contributed by atoms with Crippen LogP contribution in [0, 0.1) is 18.7 Å². The van der Waals surface area contributed by atoms with Crippen LogP contribution in [0.4, 0.5) is 10.1 Å². The predicted octanol–water partition coefficient (Wildman–Crippen LogP) is 4.65. The lowest BCUT2D eigenvalue weighted by Gasteiger charge is -2.30. The number of aryl methyl sites for hydroxylation is 1. The van der Waals surface area contributed by atoms with Gasteiger partial charge in [-0.15, -0.1) is 11.8 Å². The Bertz CT molecular complexity index is 1310. The highest BCUT2D eigenvalue weighted by Gasteiger charge is 2.28. The number of fused-ring (bicyclic) bond motifs is 1. The third-order valence-electron chi connectivity index (χ3n) is 7.48. The van der Waals surface area contributed by atoms with Crippen LogP contribution in [0.1, 0.15) is 39.9 Å². The van der Waals surface area contributed by atoms with E-state index in [0.717, 1.165) is 37.4 Å². The molecule has 2 aliphatic rings. The standard InChI is InChI=1S/C30H31ClFN3O2S/c1-20-5-7-22(8-6-20)17-34-13-11-21(12-14-34)16-33-30(37)23-9-10-28-27(15-23)35(29(36)19-38-28)18-24-25(31)3-2-4-26(24)32/h2-10,15,21H,11-14,16-19H2,1H3,(H,33,37)/p+1. The predicted molar refractivity (Wildman–Crippen MR) is 150 cm³/mol. The molecule has 0 aromatic heterocycles. The second-order valence-corrected chi connectivity index (χ2v) is 11.6. The van der Waals surface area contributed by atoms with E-state index in [4.69, 9.17) is 11.6 Å². The molecule has 5 rings (SSSR count). The largest absolute Gasteiger partial charge is 0.352 e. The van der Waals surface area contributed by atoms with E-state index in [2.05, 4.69) is 36.5 Å². The second kappa shape index (κ2) is 11.9. The van der Waals surface area contributed by atoms with E-state index in [1.54, 1.807) is 29.2 Å². The van der Waals surface area contributed by atoms with E-state index < -0.39 is 5.82 Å². The summed E-state index contributed by atoms with van der Waals surface area (Å²) in [5.41, 5.74) is 4.03. The minimum Gasteiger partial charge on any atom is -0.352 e. The third-order valence-corrected chi connectivity index (χ3v) is 8.88. The molecule has 0 unspecified atom stereocenters. The molecular formula is C30H32ClFN3O2S+. The smallest absolute Gasteiger partial charge is 0.251 e. The van der Waals surface area contributed by atoms with E-state index in [9.17, 15) is 14.0 Å². The maximum absolute atomic E-state index is 14.4. The van der Waals surface area contributed by atoms with Crippen molar-refractivity contribution in [3.05, 3.63) is 93.8 Å². The number of thioether (sulfide) groups is 1. The molecule has 0 saturated carbocycles. The van der Waals surface area contributed by atoms with Crippen molar-refractivity contribution in [1.82, 2.24) is 5.32 Å². The van der Waals surface area contributed by atoms with Crippen molar-refractivity contribution < 1.29 is 18.9 Å². The summed E-state index contributed by atoms with van der Waals surface area (Å²) in [5, 5.41) is 3.38. The number of benzene rings is 3. The molecule has 1 saturated heterocycles. The highest BCUT2D eigenvalue weighted by molar-refractivity contribution is 8.00. The fraction of sp³-hybridized carbons (Fsp3) is 0.333. The van der Waals surface area contributed by atoms with Gasteiger partial charge in [0.2, 0.25) is 5.91 Å². The van der Waals surface area contributed by atoms with E-state index >= 15 is 0 Å². The van der Waals surface area contributed by atoms with E-state index in [1.165, 1.54) is 33.9 Å². The number of hydrogen-bond acceptors (Lipinski definition) is 3. The van der Waals surface area contributed by atoms with Crippen LogP contribution in [0.25, 0.3) is 0 Å². The van der Waals surface area contributed by atoms with Gasteiger partial charge in [-0.25, -0.2) is 4.39 Å². The Morgan fingerprint density at radius 1 is 1.13 bits per heavy atom. The number of carbonyl (C=O) groups is 2. The van der Waals surface area contributed by atoms with Gasteiger partial charge in [-0.05, 0) is 43.2 Å². The molecule has 8 heteroatoms. The first-order valence-electron chi connectivity index (χ1n) is 13.0. The Morgan fingerprint density at radius 3 is 2.63 bits per heavy atom. The fourth-order valence-electron chi connectivity index (χ4n) is 5.16. The third kappa shape index (κ3) is 6.22. The zero-order chi connectivity index (χ0) is 26.6. The molecule has 0 spiro atoms. The van der Waals surface area contributed by atoms with Crippen molar-refractivity contribution in [2.45, 2.75) is 37.8 Å². The summed E-state index contributed by atoms with van der Waals surface area (Å²) < 4.78 is 14.4. The van der Waals surface area contributed by atoms with Gasteiger partial charge in [-0.2, -0.15) is 0 Å². The Labute approximate surface area is 232 Å². The average Bonchev–Trinajstić information content (AvgIpc) is 2.92. The first-order valence-corrected chi connectivity index (χ1v) is 14.4. The number of carbonyl (C=O) groups excluding carboxylic acids is 2. The molecule has 1 fully saturated rings. The van der Waals surface area contributed by atoms with Crippen molar-refractivity contribution in [2.75, 3.05) is 30.3 Å². The van der Waals surface area contributed by atoms with Crippen molar-refractivity contribution in [1.29, 1.82) is 0 Å². The lowest BCUT2D eigenvalue weighted by Crippen LogP contribution is -3.11. The van der Waals surface area contributed by atoms with Crippen LogP contribution >= 0.6 is 23.4 Å². The summed E-state index contributed by atoms with van der Waals surface area (Å²) in [5.74, 6) is -0.0378. The summed E-state index contributed by atoms with van der Waals surface area (Å²) in [4.78, 5) is 29.8. The quantitative estimate of drug-likeness (QED) is 0.449. The maximum atomic E-state index is 14.4. The molecule has 2 amide bonds. The van der Waals surface area contributed by atoms with Crippen LogP contribution in [-0.4, -0.2) is 37.2 Å². The topological polar surface area (TPSA) is 53.9 Å². The summed E-state index contributed by atoms with van der Waals surface area (Å²) in [6.45, 7) is 6.00. The van der Waals surface area contributed by atoms with Crippen molar-refractivity contribution >= 4 is 40.9 Å². The summed E-state index contributed by atoms with van der Waals surface area (Å²) >= 11 is 7.65. The normalized spacial score (nSPS) is 19.2. The number of halogens is 2. The van der Waals surface area contributed by atoms with E-state index in [1.807, 2.05) is 6.07 Å². The molecule has 2 heterocycles. The van der Waals surface area contributed by atoms with Gasteiger partial charge in [0, 0.05) is 46.0 Å². The van der Waals surface area contributed by atoms with Gasteiger partial charge in [0.15, 0.2) is 0 Å². The van der Waals surface area contributed by atoms with Crippen molar-refractivity contribution in [3.8, 4) is 0 Å². The highest BCUT2D eigenvalue weighted by Crippen LogP contribution is 2.37. The molecule has 2 aliphatic heterocycles. The molecule has 3 aromatic rings. The monoisotopic (exact) mass is 552 g/mol. The van der Waals surface area contributed by atoms with Gasteiger partial charge >= 0.3 is 0 Å². The SMILES string of the molecule is Cc1ccc(C[NH+]2CCC(CNC(=O)c3ccc4c(c3)N(Cc3c(F)cccc3Cl)C(=O)CS4)CC2)cc1. The Kier molecular flexibility index (Phi) is 8.36. The molecule has 5 nitrogen and oxygen atoms in total. The maximum Gasteiger partial charge on any atom is 0.251 e. The van der Waals surface area contributed by atoms with Crippen LogP contribution in [0.5, 0.6) is 0 Å². The van der Waals surface area contributed by atoms with Gasteiger partial charge in [0.25, 0.3) is 5.91 Å². The Morgan fingerprint density at radius 2 is 1.89 bits per heavy atom. The minimum atomic E-state index is -0.453. The van der Waals surface area contributed by atoms with Crippen LogP contribution in [0.2, 0.25) is 5.02 Å². The Hall–Kier alpha value is -2.87. The summed E-state index contributed by atoms with van der Waals surface area (Å²) in [6, 6.07) is 18.6. The number of likely N-dealkylation sites (tertiary alicyclic amines) is 1. The zero-order valence-electron chi connectivity index (χ0n) is 21.4. The molecule has 198 valence electrons. The van der Waals surface area contributed by atoms with Gasteiger partial charge < -0.3 is 15.1 Å². The lowest BCUT2D eigenvalue weighted by molar-refractivity contribution is -0.919.